The van der Waals surface area contributed by atoms with Crippen LogP contribution in [0.4, 0.5) is 5.69 Å². The van der Waals surface area contributed by atoms with Gasteiger partial charge in [-0.2, -0.15) is 5.10 Å². The second-order valence-corrected chi connectivity index (χ2v) is 4.60. The molecule has 2 rings (SSSR count). The third-order valence-electron chi connectivity index (χ3n) is 2.91. The molecule has 2 aromatic rings. The van der Waals surface area contributed by atoms with E-state index in [2.05, 4.69) is 10.4 Å². The fourth-order valence-electron chi connectivity index (χ4n) is 1.98. The number of aromatic nitrogens is 2. The first-order valence-corrected chi connectivity index (χ1v) is 6.98. The predicted molar refractivity (Wildman–Crippen MR) is 81.2 cm³/mol. The van der Waals surface area contributed by atoms with Gasteiger partial charge in [0.2, 0.25) is 0 Å². The molecule has 0 bridgehead atoms. The molecule has 0 fully saturated rings. The molecule has 1 aromatic carbocycles. The van der Waals surface area contributed by atoms with Gasteiger partial charge in [-0.1, -0.05) is 0 Å². The minimum Gasteiger partial charge on any atom is -0.494 e. The molecule has 6 heteroatoms. The zero-order chi connectivity index (χ0) is 15.1. The van der Waals surface area contributed by atoms with Crippen LogP contribution in [0.15, 0.2) is 36.7 Å². The molecule has 1 amide bonds. The van der Waals surface area contributed by atoms with Crippen molar-refractivity contribution < 1.29 is 9.53 Å². The number of nitrogens with two attached hydrogens (primary N) is 1. The van der Waals surface area contributed by atoms with Gasteiger partial charge in [0.05, 0.1) is 6.61 Å². The second-order valence-electron chi connectivity index (χ2n) is 4.60. The molecule has 0 saturated heterocycles. The number of carbonyl (C=O) groups is 1. The first-order chi connectivity index (χ1) is 10.2. The molecule has 0 radical (unpaired) electrons. The Bertz CT molecular complexity index is 581. The van der Waals surface area contributed by atoms with E-state index in [1.165, 1.54) is 0 Å². The summed E-state index contributed by atoms with van der Waals surface area (Å²) in [5.74, 6) is 0.461. The zero-order valence-electron chi connectivity index (χ0n) is 12.1. The average molecular weight is 288 g/mol. The molecule has 112 valence electrons. The SMILES string of the molecule is CCOc1cc(N)cc(C(=O)NCCCn2cccn2)c1. The molecule has 0 aliphatic rings. The number of anilines is 1. The van der Waals surface area contributed by atoms with Crippen molar-refractivity contribution in [2.24, 2.45) is 0 Å². The highest BCUT2D eigenvalue weighted by Gasteiger charge is 2.08. The molecule has 3 N–H and O–H groups in total. The molecule has 0 atom stereocenters. The largest absolute Gasteiger partial charge is 0.494 e. The van der Waals surface area contributed by atoms with Crippen LogP contribution in [0.1, 0.15) is 23.7 Å². The van der Waals surface area contributed by atoms with Gasteiger partial charge in [-0.3, -0.25) is 9.48 Å². The fraction of sp³-hybridized carbons (Fsp3) is 0.333. The molecule has 0 aliphatic heterocycles. The predicted octanol–water partition coefficient (Wildman–Crippen LogP) is 1.68. The van der Waals surface area contributed by atoms with Gasteiger partial charge in [-0.05, 0) is 31.5 Å². The number of nitrogens with one attached hydrogen (secondary N) is 1. The van der Waals surface area contributed by atoms with Crippen molar-refractivity contribution in [3.05, 3.63) is 42.2 Å². The highest BCUT2D eigenvalue weighted by atomic mass is 16.5. The molecule has 6 nitrogen and oxygen atoms in total. The van der Waals surface area contributed by atoms with Crippen LogP contribution in [-0.4, -0.2) is 28.8 Å². The average Bonchev–Trinajstić information content (AvgIpc) is 2.96. The Labute approximate surface area is 123 Å². The van der Waals surface area contributed by atoms with Crippen molar-refractivity contribution in [1.82, 2.24) is 15.1 Å². The molecule has 21 heavy (non-hydrogen) atoms. The summed E-state index contributed by atoms with van der Waals surface area (Å²) in [7, 11) is 0. The van der Waals surface area contributed by atoms with E-state index in [9.17, 15) is 4.79 Å². The molecule has 1 heterocycles. The zero-order valence-corrected chi connectivity index (χ0v) is 12.1. The van der Waals surface area contributed by atoms with E-state index in [1.807, 2.05) is 23.9 Å². The van der Waals surface area contributed by atoms with Crippen LogP contribution in [0.5, 0.6) is 5.75 Å². The molecule has 0 aliphatic carbocycles. The van der Waals surface area contributed by atoms with Gasteiger partial charge in [-0.25, -0.2) is 0 Å². The molecule has 0 unspecified atom stereocenters. The van der Waals surface area contributed by atoms with Crippen molar-refractivity contribution in [3.8, 4) is 5.75 Å². The summed E-state index contributed by atoms with van der Waals surface area (Å²) < 4.78 is 7.21. The summed E-state index contributed by atoms with van der Waals surface area (Å²) in [6.45, 7) is 3.78. The highest BCUT2D eigenvalue weighted by Crippen LogP contribution is 2.18. The van der Waals surface area contributed by atoms with Crippen LogP contribution in [0.2, 0.25) is 0 Å². The summed E-state index contributed by atoms with van der Waals surface area (Å²) in [5, 5.41) is 6.97. The lowest BCUT2D eigenvalue weighted by atomic mass is 10.1. The Balaban J connectivity index is 1.85. The van der Waals surface area contributed by atoms with Gasteiger partial charge in [0.25, 0.3) is 5.91 Å². The van der Waals surface area contributed by atoms with Gasteiger partial charge in [-0.15, -0.1) is 0 Å². The number of amides is 1. The maximum absolute atomic E-state index is 12.1. The third-order valence-corrected chi connectivity index (χ3v) is 2.91. The van der Waals surface area contributed by atoms with E-state index in [0.717, 1.165) is 13.0 Å². The Morgan fingerprint density at radius 3 is 3.00 bits per heavy atom. The molecule has 0 saturated carbocycles. The number of nitrogen functional groups attached to an aromatic ring is 1. The second kappa shape index (κ2) is 7.33. The lowest BCUT2D eigenvalue weighted by molar-refractivity contribution is 0.0952. The minimum absolute atomic E-state index is 0.149. The van der Waals surface area contributed by atoms with Crippen molar-refractivity contribution >= 4 is 11.6 Å². The van der Waals surface area contributed by atoms with E-state index in [0.29, 0.717) is 30.2 Å². The third kappa shape index (κ3) is 4.52. The Hall–Kier alpha value is -2.50. The van der Waals surface area contributed by atoms with E-state index in [-0.39, 0.29) is 5.91 Å². The summed E-state index contributed by atoms with van der Waals surface area (Å²) in [4.78, 5) is 12.1. The van der Waals surface area contributed by atoms with Crippen LogP contribution in [0.25, 0.3) is 0 Å². The topological polar surface area (TPSA) is 82.2 Å². The number of carbonyl (C=O) groups excluding carboxylic acids is 1. The monoisotopic (exact) mass is 288 g/mol. The number of rotatable bonds is 7. The Morgan fingerprint density at radius 2 is 2.29 bits per heavy atom. The Kier molecular flexibility index (Phi) is 5.20. The molecule has 0 spiro atoms. The Morgan fingerprint density at radius 1 is 1.43 bits per heavy atom. The first-order valence-electron chi connectivity index (χ1n) is 6.98. The van der Waals surface area contributed by atoms with Gasteiger partial charge >= 0.3 is 0 Å². The number of benzene rings is 1. The van der Waals surface area contributed by atoms with E-state index >= 15 is 0 Å². The van der Waals surface area contributed by atoms with Crippen LogP contribution < -0.4 is 15.8 Å². The number of nitrogens with zero attached hydrogens (tertiary/aromatic N) is 2. The van der Waals surface area contributed by atoms with Crippen molar-refractivity contribution in [1.29, 1.82) is 0 Å². The lowest BCUT2D eigenvalue weighted by Crippen LogP contribution is -2.25. The maximum Gasteiger partial charge on any atom is 0.251 e. The van der Waals surface area contributed by atoms with Crippen LogP contribution in [-0.2, 0) is 6.54 Å². The van der Waals surface area contributed by atoms with E-state index in [1.54, 1.807) is 24.4 Å². The van der Waals surface area contributed by atoms with Gasteiger partial charge < -0.3 is 15.8 Å². The van der Waals surface area contributed by atoms with Crippen molar-refractivity contribution in [2.45, 2.75) is 19.9 Å². The van der Waals surface area contributed by atoms with E-state index in [4.69, 9.17) is 10.5 Å². The van der Waals surface area contributed by atoms with Crippen molar-refractivity contribution in [2.75, 3.05) is 18.9 Å². The van der Waals surface area contributed by atoms with Crippen LogP contribution in [0.3, 0.4) is 0 Å². The standard InChI is InChI=1S/C15H20N4O2/c1-2-21-14-10-12(9-13(16)11-14)15(20)17-5-3-7-19-8-4-6-18-19/h4,6,8-11H,2-3,5,7,16H2,1H3,(H,17,20). The quantitative estimate of drug-likeness (QED) is 0.600. The maximum atomic E-state index is 12.1. The number of aryl methyl sites for hydroxylation is 1. The highest BCUT2D eigenvalue weighted by molar-refractivity contribution is 5.95. The van der Waals surface area contributed by atoms with Gasteiger partial charge in [0.15, 0.2) is 0 Å². The number of hydrogen-bond acceptors (Lipinski definition) is 4. The normalized spacial score (nSPS) is 10.3. The smallest absolute Gasteiger partial charge is 0.251 e. The fourth-order valence-corrected chi connectivity index (χ4v) is 1.98. The molecular weight excluding hydrogens is 268 g/mol. The summed E-state index contributed by atoms with van der Waals surface area (Å²) in [6, 6.07) is 6.92. The summed E-state index contributed by atoms with van der Waals surface area (Å²) in [6.07, 6.45) is 4.45. The van der Waals surface area contributed by atoms with Crippen LogP contribution in [0, 0.1) is 0 Å². The van der Waals surface area contributed by atoms with Crippen LogP contribution >= 0.6 is 0 Å². The number of ether oxygens (including phenoxy) is 1. The summed E-state index contributed by atoms with van der Waals surface area (Å²) >= 11 is 0. The van der Waals surface area contributed by atoms with Gasteiger partial charge in [0, 0.05) is 42.8 Å². The number of hydrogen-bond donors (Lipinski definition) is 2. The lowest BCUT2D eigenvalue weighted by Gasteiger charge is -2.09. The molecule has 1 aromatic heterocycles. The molecular formula is C15H20N4O2. The minimum atomic E-state index is -0.149. The van der Waals surface area contributed by atoms with E-state index < -0.39 is 0 Å². The first kappa shape index (κ1) is 14.9. The summed E-state index contributed by atoms with van der Waals surface area (Å²) in [5.41, 5.74) is 6.80. The van der Waals surface area contributed by atoms with Gasteiger partial charge in [0.1, 0.15) is 5.75 Å². The van der Waals surface area contributed by atoms with Crippen molar-refractivity contribution in [3.63, 3.8) is 0 Å².